The van der Waals surface area contributed by atoms with Crippen molar-refractivity contribution in [3.63, 3.8) is 0 Å². The second-order valence-electron chi connectivity index (χ2n) is 5.95. The van der Waals surface area contributed by atoms with Gasteiger partial charge in [-0.15, -0.1) is 0 Å². The van der Waals surface area contributed by atoms with Crippen LogP contribution in [0.15, 0.2) is 0 Å². The van der Waals surface area contributed by atoms with E-state index < -0.39 is 5.97 Å². The molecule has 0 aromatic rings. The number of aliphatic carboxylic acids is 1. The summed E-state index contributed by atoms with van der Waals surface area (Å²) in [6, 6.07) is -0.380. The lowest BCUT2D eigenvalue weighted by Gasteiger charge is -2.13. The van der Waals surface area contributed by atoms with E-state index in [1.807, 2.05) is 0 Å². The maximum Gasteiger partial charge on any atom is 0.320 e. The number of nitrogens with two attached hydrogens (primary N) is 1. The van der Waals surface area contributed by atoms with E-state index >= 15 is 0 Å². The predicted molar refractivity (Wildman–Crippen MR) is 91.7 cm³/mol. The van der Waals surface area contributed by atoms with Crippen LogP contribution in [0.4, 0.5) is 0 Å². The molecule has 4 heteroatoms. The average Bonchev–Trinajstić information content (AvgIpc) is 2.45. The molecule has 0 saturated heterocycles. The van der Waals surface area contributed by atoms with Crippen LogP contribution in [0.1, 0.15) is 78.1 Å². The minimum Gasteiger partial charge on any atom is -0.480 e. The second-order valence-corrected chi connectivity index (χ2v) is 5.95. The van der Waals surface area contributed by atoms with E-state index in [-0.39, 0.29) is 6.04 Å². The van der Waals surface area contributed by atoms with Gasteiger partial charge in [0.15, 0.2) is 0 Å². The maximum atomic E-state index is 10.1. The smallest absolute Gasteiger partial charge is 0.320 e. The fraction of sp³-hybridized carbons (Fsp3) is 0.941. The number of carboxylic acids is 1. The predicted octanol–water partition coefficient (Wildman–Crippen LogP) is 3.89. The quantitative estimate of drug-likeness (QED) is 0.537. The Morgan fingerprint density at radius 3 is 1.57 bits per heavy atom. The van der Waals surface area contributed by atoms with Gasteiger partial charge in [-0.05, 0) is 34.0 Å². The van der Waals surface area contributed by atoms with Crippen LogP contribution in [-0.2, 0) is 4.79 Å². The summed E-state index contributed by atoms with van der Waals surface area (Å²) < 4.78 is 0. The van der Waals surface area contributed by atoms with Crippen LogP contribution in [0.3, 0.4) is 0 Å². The summed E-state index contributed by atoms with van der Waals surface area (Å²) in [5.41, 5.74) is 5.42. The lowest BCUT2D eigenvalue weighted by atomic mass is 10.1. The van der Waals surface area contributed by atoms with E-state index in [0.717, 1.165) is 6.54 Å². The van der Waals surface area contributed by atoms with Crippen molar-refractivity contribution >= 4 is 5.97 Å². The largest absolute Gasteiger partial charge is 0.480 e. The highest BCUT2D eigenvalue weighted by Gasteiger charge is 2.11. The second kappa shape index (κ2) is 17.4. The molecule has 0 heterocycles. The van der Waals surface area contributed by atoms with E-state index in [0.29, 0.717) is 0 Å². The molecule has 0 aromatic carbocycles. The molecule has 1 unspecified atom stereocenters. The van der Waals surface area contributed by atoms with Gasteiger partial charge >= 0.3 is 5.97 Å². The Morgan fingerprint density at radius 1 is 0.952 bits per heavy atom. The minimum atomic E-state index is -0.782. The number of unbranched alkanes of at least 4 members (excludes halogenated alkanes) is 9. The van der Waals surface area contributed by atoms with Gasteiger partial charge in [-0.25, -0.2) is 0 Å². The van der Waals surface area contributed by atoms with E-state index in [9.17, 15) is 4.79 Å². The first-order valence-corrected chi connectivity index (χ1v) is 8.56. The first-order valence-electron chi connectivity index (χ1n) is 8.56. The van der Waals surface area contributed by atoms with E-state index in [2.05, 4.69) is 6.92 Å². The van der Waals surface area contributed by atoms with Crippen LogP contribution in [-0.4, -0.2) is 42.7 Å². The highest BCUT2D eigenvalue weighted by molar-refractivity contribution is 5.72. The van der Waals surface area contributed by atoms with Crippen molar-refractivity contribution < 1.29 is 9.90 Å². The molecule has 0 bridgehead atoms. The number of hydrogen-bond donors (Lipinski definition) is 2. The summed E-state index contributed by atoms with van der Waals surface area (Å²) in [6.07, 6.45) is 13.9. The zero-order chi connectivity index (χ0) is 16.5. The molecule has 128 valence electrons. The van der Waals surface area contributed by atoms with Gasteiger partial charge in [0.1, 0.15) is 6.04 Å². The molecule has 0 aliphatic carbocycles. The van der Waals surface area contributed by atoms with E-state index in [4.69, 9.17) is 10.8 Å². The van der Waals surface area contributed by atoms with Crippen LogP contribution >= 0.6 is 0 Å². The Hall–Kier alpha value is -0.610. The highest BCUT2D eigenvalue weighted by atomic mass is 16.4. The summed E-state index contributed by atoms with van der Waals surface area (Å²) in [4.78, 5) is 11.7. The molecule has 0 aromatic heterocycles. The summed E-state index contributed by atoms with van der Waals surface area (Å²) in [7, 11) is 3.47. The van der Waals surface area contributed by atoms with Crippen LogP contribution in [0.5, 0.6) is 0 Å². The molecule has 0 spiro atoms. The van der Waals surface area contributed by atoms with Crippen LogP contribution in [0, 0.1) is 0 Å². The topological polar surface area (TPSA) is 66.6 Å². The van der Waals surface area contributed by atoms with Gasteiger partial charge in [0, 0.05) is 0 Å². The molecule has 0 rings (SSSR count). The number of nitrogens with zero attached hydrogens (tertiary/aromatic N) is 1. The fourth-order valence-electron chi connectivity index (χ4n) is 1.85. The minimum absolute atomic E-state index is 0.380. The Kier molecular flexibility index (Phi) is 18.8. The Morgan fingerprint density at radius 2 is 1.33 bits per heavy atom. The molecule has 4 nitrogen and oxygen atoms in total. The average molecular weight is 303 g/mol. The lowest BCUT2D eigenvalue weighted by Crippen LogP contribution is -2.32. The van der Waals surface area contributed by atoms with Crippen molar-refractivity contribution in [3.8, 4) is 0 Å². The number of carbonyl (C=O) groups is 1. The van der Waals surface area contributed by atoms with Crippen molar-refractivity contribution in [1.82, 2.24) is 4.90 Å². The third-order valence-electron chi connectivity index (χ3n) is 3.69. The van der Waals surface area contributed by atoms with Gasteiger partial charge < -0.3 is 10.8 Å². The molecule has 3 N–H and O–H groups in total. The Labute approximate surface area is 132 Å². The number of likely N-dealkylation sites (N-methyl/N-ethyl adjacent to an activating group) is 1. The third-order valence-corrected chi connectivity index (χ3v) is 3.69. The molecule has 0 aliphatic rings. The molecule has 1 atom stereocenters. The standard InChI is InChI=1S/C12H27N.C5H11NO2/c1-2-3-4-5-6-7-8-9-10-11-12-13;1-4(5(7)8)6(2)3/h2-13H2,1H3;4H,1-3H3,(H,7,8). The van der Waals surface area contributed by atoms with Crippen LogP contribution < -0.4 is 5.73 Å². The van der Waals surface area contributed by atoms with Crippen LogP contribution in [0.2, 0.25) is 0 Å². The van der Waals surface area contributed by atoms with Crippen molar-refractivity contribution in [3.05, 3.63) is 0 Å². The molecule has 0 aliphatic heterocycles. The highest BCUT2D eigenvalue weighted by Crippen LogP contribution is 2.09. The maximum absolute atomic E-state index is 10.1. The first-order chi connectivity index (χ1) is 9.97. The van der Waals surface area contributed by atoms with Crippen LogP contribution in [0.25, 0.3) is 0 Å². The van der Waals surface area contributed by atoms with Gasteiger partial charge in [-0.1, -0.05) is 64.7 Å². The Bertz CT molecular complexity index is 211. The van der Waals surface area contributed by atoms with E-state index in [1.165, 1.54) is 64.2 Å². The SMILES string of the molecule is CC(C(=O)O)N(C)C.CCCCCCCCCCCCN. The van der Waals surface area contributed by atoms with Gasteiger partial charge in [0.05, 0.1) is 0 Å². The monoisotopic (exact) mass is 302 g/mol. The molecule has 0 saturated carbocycles. The number of carboxylic acid groups (broad SMARTS) is 1. The summed E-state index contributed by atoms with van der Waals surface area (Å²) >= 11 is 0. The van der Waals surface area contributed by atoms with Gasteiger partial charge in [0.2, 0.25) is 0 Å². The van der Waals surface area contributed by atoms with Crippen molar-refractivity contribution in [1.29, 1.82) is 0 Å². The lowest BCUT2D eigenvalue weighted by molar-refractivity contribution is -0.141. The van der Waals surface area contributed by atoms with Crippen molar-refractivity contribution in [2.45, 2.75) is 84.1 Å². The summed E-state index contributed by atoms with van der Waals surface area (Å²) in [5, 5.41) is 8.31. The zero-order valence-electron chi connectivity index (χ0n) is 14.7. The number of rotatable bonds is 12. The normalized spacial score (nSPS) is 11.9. The molecule has 21 heavy (non-hydrogen) atoms. The number of hydrogen-bond acceptors (Lipinski definition) is 3. The van der Waals surface area contributed by atoms with Gasteiger partial charge in [-0.2, -0.15) is 0 Å². The first kappa shape index (κ1) is 22.7. The molecule has 0 fully saturated rings. The summed E-state index contributed by atoms with van der Waals surface area (Å²) in [6.45, 7) is 4.78. The van der Waals surface area contributed by atoms with Crippen molar-refractivity contribution in [2.24, 2.45) is 5.73 Å². The van der Waals surface area contributed by atoms with Crippen molar-refractivity contribution in [2.75, 3.05) is 20.6 Å². The molecule has 0 amide bonds. The third kappa shape index (κ3) is 19.4. The van der Waals surface area contributed by atoms with Gasteiger partial charge in [0.25, 0.3) is 0 Å². The zero-order valence-corrected chi connectivity index (χ0v) is 14.7. The summed E-state index contributed by atoms with van der Waals surface area (Å²) in [5.74, 6) is -0.782. The fourth-order valence-corrected chi connectivity index (χ4v) is 1.85. The molecule has 0 radical (unpaired) electrons. The molecular formula is C17H38N2O2. The van der Waals surface area contributed by atoms with E-state index in [1.54, 1.807) is 25.9 Å². The van der Waals surface area contributed by atoms with Gasteiger partial charge in [-0.3, -0.25) is 9.69 Å². The Balaban J connectivity index is 0. The molecular weight excluding hydrogens is 264 g/mol.